The van der Waals surface area contributed by atoms with E-state index in [1.54, 1.807) is 41.5 Å². The maximum Gasteiger partial charge on any atom is 0.413 e. The van der Waals surface area contributed by atoms with Crippen LogP contribution in [0.15, 0.2) is 10.5 Å². The van der Waals surface area contributed by atoms with E-state index >= 15 is 0 Å². The molecular weight excluding hydrogens is 506 g/mol. The van der Waals surface area contributed by atoms with E-state index in [4.69, 9.17) is 14.3 Å². The van der Waals surface area contributed by atoms with Crippen molar-refractivity contribution >= 4 is 46.1 Å². The number of hydrogen-bond donors (Lipinski definition) is 4. The normalized spacial score (nSPS) is 23.5. The number of hydrogen-bond acceptors (Lipinski definition) is 11. The van der Waals surface area contributed by atoms with Crippen molar-refractivity contribution in [1.82, 2.24) is 15.6 Å². The number of aromatic nitrogens is 1. The van der Waals surface area contributed by atoms with Crippen molar-refractivity contribution in [2.24, 2.45) is 5.16 Å². The third-order valence-electron chi connectivity index (χ3n) is 5.20. The van der Waals surface area contributed by atoms with Crippen LogP contribution in [0.3, 0.4) is 0 Å². The van der Waals surface area contributed by atoms with Gasteiger partial charge in [-0.15, -0.1) is 11.3 Å². The van der Waals surface area contributed by atoms with Crippen molar-refractivity contribution in [2.75, 3.05) is 5.32 Å². The minimum absolute atomic E-state index is 0.0127. The van der Waals surface area contributed by atoms with Gasteiger partial charge in [0.05, 0.1) is 11.6 Å². The van der Waals surface area contributed by atoms with Gasteiger partial charge in [-0.05, 0) is 55.4 Å². The van der Waals surface area contributed by atoms with E-state index in [0.29, 0.717) is 6.42 Å². The number of carbonyl (C=O) groups is 4. The molecule has 1 aliphatic heterocycles. The van der Waals surface area contributed by atoms with E-state index in [1.165, 1.54) is 19.2 Å². The van der Waals surface area contributed by atoms with Crippen LogP contribution < -0.4 is 16.0 Å². The van der Waals surface area contributed by atoms with Gasteiger partial charge in [-0.3, -0.25) is 14.9 Å². The molecule has 14 heteroatoms. The van der Waals surface area contributed by atoms with E-state index in [0.717, 1.165) is 11.3 Å². The summed E-state index contributed by atoms with van der Waals surface area (Å²) in [7, 11) is 0. The lowest BCUT2D eigenvalue weighted by molar-refractivity contribution is -0.179. The first-order valence-electron chi connectivity index (χ1n) is 11.6. The SMILES string of the molecule is CC(C)(C)OC(=O)Nc1nc(/C(=N/OC(C)(C)C(=O)OC(C)(C)C)C(=O)N[C@@H]2C(=O)N[C@]23CC3O)cs1. The zero-order valence-electron chi connectivity index (χ0n) is 22.0. The van der Waals surface area contributed by atoms with Crippen LogP contribution >= 0.6 is 11.3 Å². The second-order valence-electron chi connectivity index (χ2n) is 11.4. The fraction of sp³-hybridized carbons (Fsp3) is 0.652. The number of nitrogens with zero attached hydrogens (tertiary/aromatic N) is 2. The van der Waals surface area contributed by atoms with Crippen LogP contribution in [0.4, 0.5) is 9.93 Å². The van der Waals surface area contributed by atoms with Gasteiger partial charge in [0.2, 0.25) is 11.5 Å². The van der Waals surface area contributed by atoms with Crippen molar-refractivity contribution in [3.8, 4) is 0 Å². The Bertz CT molecular complexity index is 1130. The number of β-lactam (4-membered cyclic amide) rings is 1. The molecule has 4 N–H and O–H groups in total. The topological polar surface area (TPSA) is 178 Å². The predicted octanol–water partition coefficient (Wildman–Crippen LogP) is 1.45. The highest BCUT2D eigenvalue weighted by Crippen LogP contribution is 2.44. The van der Waals surface area contributed by atoms with E-state index in [1.807, 2.05) is 0 Å². The first-order chi connectivity index (χ1) is 16.8. The Kier molecular flexibility index (Phi) is 7.32. The predicted molar refractivity (Wildman–Crippen MR) is 133 cm³/mol. The van der Waals surface area contributed by atoms with Crippen LogP contribution in [0.25, 0.3) is 0 Å². The lowest BCUT2D eigenvalue weighted by atomic mass is 9.95. The van der Waals surface area contributed by atoms with Crippen LogP contribution in [-0.2, 0) is 28.7 Å². The third kappa shape index (κ3) is 6.74. The highest BCUT2D eigenvalue weighted by atomic mass is 32.1. The number of rotatable bonds is 7. The molecule has 0 bridgehead atoms. The van der Waals surface area contributed by atoms with E-state index < -0.39 is 58.4 Å². The highest BCUT2D eigenvalue weighted by Gasteiger charge is 2.69. The van der Waals surface area contributed by atoms with Gasteiger partial charge in [-0.25, -0.2) is 14.6 Å². The standard InChI is InChI=1S/C23H33N5O8S/c1-20(2,3)34-17(32)22(7,8)36-28-13(15(30)25-14-16(31)27-23(14)9-12(23)29)11-10-37-18(24-11)26-19(33)35-21(4,5)6/h10,12,14,29H,9H2,1-8H3,(H,25,30)(H,27,31)(H,24,26,33)/b28-13-/t12?,14-,23+/m1/s1. The Labute approximate surface area is 218 Å². The molecule has 3 atom stereocenters. The molecule has 0 radical (unpaired) electrons. The molecular formula is C23H33N5O8S. The smallest absolute Gasteiger partial charge is 0.413 e. The summed E-state index contributed by atoms with van der Waals surface area (Å²) in [6, 6.07) is -0.975. The van der Waals surface area contributed by atoms with Gasteiger partial charge < -0.3 is 30.1 Å². The molecule has 2 heterocycles. The van der Waals surface area contributed by atoms with Crippen molar-refractivity contribution in [1.29, 1.82) is 0 Å². The molecule has 13 nitrogen and oxygen atoms in total. The number of nitrogens with one attached hydrogen (secondary N) is 3. The molecule has 3 amide bonds. The molecule has 1 spiro atoms. The van der Waals surface area contributed by atoms with Gasteiger partial charge in [0.25, 0.3) is 5.91 Å². The molecule has 1 saturated heterocycles. The highest BCUT2D eigenvalue weighted by molar-refractivity contribution is 7.14. The van der Waals surface area contributed by atoms with Crippen molar-refractivity contribution in [3.63, 3.8) is 0 Å². The van der Waals surface area contributed by atoms with Crippen LogP contribution in [0.5, 0.6) is 0 Å². The summed E-state index contributed by atoms with van der Waals surface area (Å²) in [5, 5.41) is 23.0. The quantitative estimate of drug-likeness (QED) is 0.173. The lowest BCUT2D eigenvalue weighted by Gasteiger charge is -2.37. The number of thiazole rings is 1. The number of oxime groups is 1. The number of aliphatic hydroxyl groups is 1. The van der Waals surface area contributed by atoms with E-state index in [-0.39, 0.29) is 16.5 Å². The molecule has 1 aliphatic carbocycles. The summed E-state index contributed by atoms with van der Waals surface area (Å²) in [5.74, 6) is -2.00. The molecule has 1 unspecified atom stereocenters. The second kappa shape index (κ2) is 9.56. The fourth-order valence-corrected chi connectivity index (χ4v) is 3.94. The summed E-state index contributed by atoms with van der Waals surface area (Å²) in [4.78, 5) is 59.6. The largest absolute Gasteiger partial charge is 0.457 e. The number of aliphatic hydroxyl groups excluding tert-OH is 1. The monoisotopic (exact) mass is 539 g/mol. The zero-order valence-corrected chi connectivity index (χ0v) is 22.9. The molecule has 1 aromatic rings. The number of carbonyl (C=O) groups excluding carboxylic acids is 4. The third-order valence-corrected chi connectivity index (χ3v) is 5.96. The van der Waals surface area contributed by atoms with Gasteiger partial charge in [0.15, 0.2) is 10.8 Å². The van der Waals surface area contributed by atoms with Gasteiger partial charge in [0, 0.05) is 11.8 Å². The van der Waals surface area contributed by atoms with Crippen LogP contribution in [0.1, 0.15) is 67.5 Å². The Morgan fingerprint density at radius 1 is 1.14 bits per heavy atom. The van der Waals surface area contributed by atoms with Crippen molar-refractivity contribution < 1.29 is 38.6 Å². The van der Waals surface area contributed by atoms with Gasteiger partial charge in [0.1, 0.15) is 22.9 Å². The number of anilines is 1. The Hall–Kier alpha value is -3.26. The number of ether oxygens (including phenoxy) is 2. The molecule has 1 saturated carbocycles. The summed E-state index contributed by atoms with van der Waals surface area (Å²) in [5.41, 5.74) is -4.33. The number of esters is 1. The second-order valence-corrected chi connectivity index (χ2v) is 12.2. The Morgan fingerprint density at radius 2 is 1.73 bits per heavy atom. The first kappa shape index (κ1) is 28.3. The Balaban J connectivity index is 1.83. The molecule has 2 fully saturated rings. The summed E-state index contributed by atoms with van der Waals surface area (Å²) >= 11 is 0.998. The minimum Gasteiger partial charge on any atom is -0.457 e. The van der Waals surface area contributed by atoms with E-state index in [2.05, 4.69) is 26.1 Å². The molecule has 2 aliphatic rings. The molecule has 1 aromatic heterocycles. The fourth-order valence-electron chi connectivity index (χ4n) is 3.26. The molecule has 204 valence electrons. The van der Waals surface area contributed by atoms with Crippen LogP contribution in [0.2, 0.25) is 0 Å². The van der Waals surface area contributed by atoms with Crippen molar-refractivity contribution in [2.45, 2.75) is 96.3 Å². The maximum absolute atomic E-state index is 13.2. The summed E-state index contributed by atoms with van der Waals surface area (Å²) in [6.45, 7) is 13.1. The summed E-state index contributed by atoms with van der Waals surface area (Å²) < 4.78 is 10.6. The Morgan fingerprint density at radius 3 is 2.24 bits per heavy atom. The average molecular weight is 540 g/mol. The molecule has 3 rings (SSSR count). The van der Waals surface area contributed by atoms with Crippen molar-refractivity contribution in [3.05, 3.63) is 11.1 Å². The van der Waals surface area contributed by atoms with Gasteiger partial charge >= 0.3 is 12.1 Å². The first-order valence-corrected chi connectivity index (χ1v) is 12.5. The zero-order chi connectivity index (χ0) is 28.0. The molecule has 37 heavy (non-hydrogen) atoms. The summed E-state index contributed by atoms with van der Waals surface area (Å²) in [6.07, 6.45) is -1.21. The lowest BCUT2D eigenvalue weighted by Crippen LogP contribution is -2.73. The number of amides is 3. The molecule has 0 aromatic carbocycles. The van der Waals surface area contributed by atoms with Gasteiger partial charge in [-0.2, -0.15) is 0 Å². The minimum atomic E-state index is -1.58. The van der Waals surface area contributed by atoms with Crippen LogP contribution in [0, 0.1) is 0 Å². The maximum atomic E-state index is 13.2. The van der Waals surface area contributed by atoms with E-state index in [9.17, 15) is 24.3 Å². The van der Waals surface area contributed by atoms with Crippen LogP contribution in [-0.4, -0.2) is 74.2 Å². The average Bonchev–Trinajstić information content (AvgIpc) is 3.17. The van der Waals surface area contributed by atoms with Gasteiger partial charge in [-0.1, -0.05) is 5.16 Å².